The molecule has 0 amide bonds. The van der Waals surface area contributed by atoms with Crippen molar-refractivity contribution < 1.29 is 17.2 Å². The van der Waals surface area contributed by atoms with E-state index in [0.29, 0.717) is 6.07 Å². The molecule has 0 heterocycles. The molecule has 0 unspecified atom stereocenters. The standard InChI is InChI=1S/C12H10ClF2N3O2S/c13-8-5-7(14)6-9(15)12(8)18-21(19,20)11-4-2-1-3-10(11)17-16/h1-6,17-18H,16H2. The minimum Gasteiger partial charge on any atom is -0.323 e. The van der Waals surface area contributed by atoms with E-state index >= 15 is 0 Å². The van der Waals surface area contributed by atoms with Crippen molar-refractivity contribution in [1.29, 1.82) is 0 Å². The molecule has 2 aromatic rings. The number of benzene rings is 2. The van der Waals surface area contributed by atoms with Crippen molar-refractivity contribution in [2.45, 2.75) is 4.90 Å². The minimum atomic E-state index is -4.15. The fraction of sp³-hybridized carbons (Fsp3) is 0. The molecule has 2 rings (SSSR count). The topological polar surface area (TPSA) is 84.2 Å². The minimum absolute atomic E-state index is 0.114. The van der Waals surface area contributed by atoms with Crippen LogP contribution in [0.25, 0.3) is 0 Å². The van der Waals surface area contributed by atoms with Crippen LogP contribution in [-0.4, -0.2) is 8.42 Å². The van der Waals surface area contributed by atoms with Crippen LogP contribution in [0.3, 0.4) is 0 Å². The van der Waals surface area contributed by atoms with Gasteiger partial charge >= 0.3 is 0 Å². The van der Waals surface area contributed by atoms with E-state index in [2.05, 4.69) is 5.43 Å². The Balaban J connectivity index is 2.48. The number of halogens is 3. The molecule has 0 aliphatic carbocycles. The first-order valence-electron chi connectivity index (χ1n) is 5.58. The Hall–Kier alpha value is -1.90. The molecule has 0 aromatic heterocycles. The Labute approximate surface area is 124 Å². The molecule has 21 heavy (non-hydrogen) atoms. The molecular weight excluding hydrogens is 324 g/mol. The van der Waals surface area contributed by atoms with Gasteiger partial charge in [0.05, 0.1) is 10.7 Å². The normalized spacial score (nSPS) is 11.2. The number of sulfonamides is 1. The third kappa shape index (κ3) is 3.23. The second-order valence-electron chi connectivity index (χ2n) is 3.99. The first kappa shape index (κ1) is 15.5. The van der Waals surface area contributed by atoms with Crippen molar-refractivity contribution in [3.8, 4) is 0 Å². The third-order valence-corrected chi connectivity index (χ3v) is 4.28. The molecular formula is C12H10ClF2N3O2S. The van der Waals surface area contributed by atoms with Crippen LogP contribution in [-0.2, 0) is 10.0 Å². The quantitative estimate of drug-likeness (QED) is 0.593. The predicted molar refractivity (Wildman–Crippen MR) is 76.4 cm³/mol. The molecule has 5 nitrogen and oxygen atoms in total. The second-order valence-corrected chi connectivity index (χ2v) is 6.05. The number of para-hydroxylation sites is 1. The van der Waals surface area contributed by atoms with Crippen molar-refractivity contribution in [3.63, 3.8) is 0 Å². The van der Waals surface area contributed by atoms with Gasteiger partial charge in [0.2, 0.25) is 0 Å². The summed E-state index contributed by atoms with van der Waals surface area (Å²) in [6.45, 7) is 0. The average molecular weight is 334 g/mol. The maximum atomic E-state index is 13.6. The Bertz CT molecular complexity index is 761. The predicted octanol–water partition coefficient (Wildman–Crippen LogP) is 2.70. The first-order chi connectivity index (χ1) is 9.85. The highest BCUT2D eigenvalue weighted by Crippen LogP contribution is 2.30. The number of hydrogen-bond acceptors (Lipinski definition) is 4. The largest absolute Gasteiger partial charge is 0.323 e. The van der Waals surface area contributed by atoms with Gasteiger partial charge in [0, 0.05) is 6.07 Å². The van der Waals surface area contributed by atoms with Crippen LogP contribution in [0, 0.1) is 11.6 Å². The third-order valence-electron chi connectivity index (χ3n) is 2.58. The smallest absolute Gasteiger partial charge is 0.264 e. The maximum Gasteiger partial charge on any atom is 0.264 e. The van der Waals surface area contributed by atoms with Gasteiger partial charge in [-0.25, -0.2) is 17.2 Å². The van der Waals surface area contributed by atoms with Gasteiger partial charge in [0.25, 0.3) is 10.0 Å². The van der Waals surface area contributed by atoms with E-state index in [1.807, 2.05) is 4.72 Å². The number of nitrogens with two attached hydrogens (primary N) is 1. The monoisotopic (exact) mass is 333 g/mol. The maximum absolute atomic E-state index is 13.6. The van der Waals surface area contributed by atoms with Gasteiger partial charge in [0.15, 0.2) is 5.82 Å². The van der Waals surface area contributed by atoms with Crippen molar-refractivity contribution in [3.05, 3.63) is 53.1 Å². The molecule has 2 aromatic carbocycles. The van der Waals surface area contributed by atoms with Gasteiger partial charge in [0.1, 0.15) is 16.4 Å². The van der Waals surface area contributed by atoms with E-state index in [1.54, 1.807) is 6.07 Å². The number of anilines is 2. The van der Waals surface area contributed by atoms with Crippen LogP contribution >= 0.6 is 11.6 Å². The van der Waals surface area contributed by atoms with Gasteiger partial charge < -0.3 is 5.43 Å². The lowest BCUT2D eigenvalue weighted by Gasteiger charge is -2.13. The highest BCUT2D eigenvalue weighted by molar-refractivity contribution is 7.92. The van der Waals surface area contributed by atoms with Crippen LogP contribution < -0.4 is 16.0 Å². The Morgan fingerprint density at radius 2 is 1.81 bits per heavy atom. The summed E-state index contributed by atoms with van der Waals surface area (Å²) in [7, 11) is -4.15. The fourth-order valence-electron chi connectivity index (χ4n) is 1.65. The Morgan fingerprint density at radius 1 is 1.14 bits per heavy atom. The summed E-state index contributed by atoms with van der Waals surface area (Å²) in [4.78, 5) is -0.202. The summed E-state index contributed by atoms with van der Waals surface area (Å²) >= 11 is 5.65. The molecule has 4 N–H and O–H groups in total. The summed E-state index contributed by atoms with van der Waals surface area (Å²) in [5.41, 5.74) is 1.80. The number of hydrogen-bond donors (Lipinski definition) is 3. The van der Waals surface area contributed by atoms with Crippen LogP contribution in [0.4, 0.5) is 20.2 Å². The summed E-state index contributed by atoms with van der Waals surface area (Å²) in [5.74, 6) is 3.19. The molecule has 0 bridgehead atoms. The van der Waals surface area contributed by atoms with Gasteiger partial charge in [-0.05, 0) is 18.2 Å². The number of nitrogen functional groups attached to an aromatic ring is 1. The number of rotatable bonds is 4. The molecule has 0 aliphatic heterocycles. The summed E-state index contributed by atoms with van der Waals surface area (Å²) in [6.07, 6.45) is 0. The molecule has 0 saturated carbocycles. The molecule has 0 atom stereocenters. The number of hydrazine groups is 1. The SMILES string of the molecule is NNc1ccccc1S(=O)(=O)Nc1c(F)cc(F)cc1Cl. The van der Waals surface area contributed by atoms with E-state index in [0.717, 1.165) is 6.07 Å². The molecule has 0 fully saturated rings. The molecule has 9 heteroatoms. The molecule has 0 radical (unpaired) electrons. The molecule has 112 valence electrons. The van der Waals surface area contributed by atoms with Gasteiger partial charge in [-0.3, -0.25) is 10.6 Å². The van der Waals surface area contributed by atoms with Crippen molar-refractivity contribution in [1.82, 2.24) is 0 Å². The summed E-state index contributed by atoms with van der Waals surface area (Å²) < 4.78 is 53.1. The lowest BCUT2D eigenvalue weighted by atomic mass is 10.3. The lowest BCUT2D eigenvalue weighted by molar-refractivity contribution is 0.583. The van der Waals surface area contributed by atoms with Crippen LogP contribution in [0.15, 0.2) is 41.3 Å². The number of nitrogens with one attached hydrogen (secondary N) is 2. The zero-order chi connectivity index (χ0) is 15.6. The van der Waals surface area contributed by atoms with Crippen LogP contribution in [0.2, 0.25) is 5.02 Å². The van der Waals surface area contributed by atoms with Crippen LogP contribution in [0.1, 0.15) is 0 Å². The van der Waals surface area contributed by atoms with Crippen molar-refractivity contribution >= 4 is 33.0 Å². The van der Waals surface area contributed by atoms with E-state index in [-0.39, 0.29) is 10.6 Å². The Kier molecular flexibility index (Phi) is 4.31. The van der Waals surface area contributed by atoms with Crippen LogP contribution in [0.5, 0.6) is 0 Å². The average Bonchev–Trinajstić information content (AvgIpc) is 2.43. The zero-order valence-corrected chi connectivity index (χ0v) is 12.0. The fourth-order valence-corrected chi connectivity index (χ4v) is 3.21. The van der Waals surface area contributed by atoms with E-state index in [4.69, 9.17) is 17.4 Å². The van der Waals surface area contributed by atoms with E-state index in [9.17, 15) is 17.2 Å². The van der Waals surface area contributed by atoms with Gasteiger partial charge in [-0.2, -0.15) is 0 Å². The Morgan fingerprint density at radius 3 is 2.43 bits per heavy atom. The van der Waals surface area contributed by atoms with E-state index in [1.165, 1.54) is 18.2 Å². The van der Waals surface area contributed by atoms with Gasteiger partial charge in [-0.1, -0.05) is 23.7 Å². The highest BCUT2D eigenvalue weighted by atomic mass is 35.5. The molecule has 0 aliphatic rings. The van der Waals surface area contributed by atoms with Crippen molar-refractivity contribution in [2.75, 3.05) is 10.1 Å². The highest BCUT2D eigenvalue weighted by Gasteiger charge is 2.21. The first-order valence-corrected chi connectivity index (χ1v) is 7.44. The summed E-state index contributed by atoms with van der Waals surface area (Å²) in [5, 5.41) is -0.394. The zero-order valence-electron chi connectivity index (χ0n) is 10.4. The van der Waals surface area contributed by atoms with Crippen molar-refractivity contribution in [2.24, 2.45) is 5.84 Å². The van der Waals surface area contributed by atoms with Gasteiger partial charge in [-0.15, -0.1) is 0 Å². The second kappa shape index (κ2) is 5.84. The lowest BCUT2D eigenvalue weighted by Crippen LogP contribution is -2.18. The molecule has 0 saturated heterocycles. The van der Waals surface area contributed by atoms with E-state index < -0.39 is 32.4 Å². The summed E-state index contributed by atoms with van der Waals surface area (Å²) in [6, 6.07) is 7.06. The molecule has 0 spiro atoms.